The van der Waals surface area contributed by atoms with Gasteiger partial charge in [0, 0.05) is 18.8 Å². The first-order valence-corrected chi connectivity index (χ1v) is 5.48. The van der Waals surface area contributed by atoms with E-state index in [9.17, 15) is 4.79 Å². The normalized spacial score (nSPS) is 19.9. The van der Waals surface area contributed by atoms with Gasteiger partial charge in [-0.2, -0.15) is 0 Å². The number of hydrogen-bond acceptors (Lipinski definition) is 3. The zero-order chi connectivity index (χ0) is 11.5. The number of rotatable bonds is 3. The minimum atomic E-state index is 0.191. The van der Waals surface area contributed by atoms with Crippen LogP contribution in [0, 0.1) is 6.92 Å². The Balaban J connectivity index is 2.29. The predicted molar refractivity (Wildman–Crippen MR) is 60.3 cm³/mol. The summed E-state index contributed by atoms with van der Waals surface area (Å²) in [6.07, 6.45) is 4.84. The van der Waals surface area contributed by atoms with E-state index >= 15 is 0 Å². The fourth-order valence-corrected chi connectivity index (χ4v) is 2.25. The largest absolute Gasteiger partial charge is 0.481 e. The third-order valence-corrected chi connectivity index (χ3v) is 3.12. The maximum atomic E-state index is 10.9. The SMILES string of the molecule is COc1cc(C)c(C2CCCN2C=O)cn1. The average Bonchev–Trinajstić information content (AvgIpc) is 2.76. The summed E-state index contributed by atoms with van der Waals surface area (Å²) in [6.45, 7) is 2.88. The Labute approximate surface area is 95.2 Å². The lowest BCUT2D eigenvalue weighted by atomic mass is 10.0. The number of likely N-dealkylation sites (tertiary alicyclic amines) is 1. The number of pyridine rings is 1. The van der Waals surface area contributed by atoms with Crippen molar-refractivity contribution in [3.8, 4) is 5.88 Å². The number of aryl methyl sites for hydroxylation is 1. The highest BCUT2D eigenvalue weighted by Gasteiger charge is 2.26. The molecule has 1 aliphatic rings. The molecule has 1 fully saturated rings. The summed E-state index contributed by atoms with van der Waals surface area (Å²) in [7, 11) is 1.61. The van der Waals surface area contributed by atoms with Gasteiger partial charge in [-0.15, -0.1) is 0 Å². The van der Waals surface area contributed by atoms with Gasteiger partial charge in [0.1, 0.15) is 0 Å². The molecule has 0 saturated carbocycles. The van der Waals surface area contributed by atoms with Crippen molar-refractivity contribution in [1.29, 1.82) is 0 Å². The minimum absolute atomic E-state index is 0.191. The molecule has 4 heteroatoms. The van der Waals surface area contributed by atoms with Crippen LogP contribution >= 0.6 is 0 Å². The van der Waals surface area contributed by atoms with E-state index in [1.807, 2.05) is 24.1 Å². The molecule has 86 valence electrons. The molecule has 0 spiro atoms. The second kappa shape index (κ2) is 4.51. The molecule has 4 nitrogen and oxygen atoms in total. The van der Waals surface area contributed by atoms with Gasteiger partial charge in [0.05, 0.1) is 13.2 Å². The molecule has 1 saturated heterocycles. The Hall–Kier alpha value is -1.58. The van der Waals surface area contributed by atoms with Crippen molar-refractivity contribution in [2.75, 3.05) is 13.7 Å². The van der Waals surface area contributed by atoms with Crippen LogP contribution in [0.2, 0.25) is 0 Å². The predicted octanol–water partition coefficient (Wildman–Crippen LogP) is 1.69. The van der Waals surface area contributed by atoms with Gasteiger partial charge in [0.25, 0.3) is 0 Å². The summed E-state index contributed by atoms with van der Waals surface area (Å²) in [4.78, 5) is 17.0. The molecule has 0 N–H and O–H groups in total. The lowest BCUT2D eigenvalue weighted by Crippen LogP contribution is -2.21. The summed E-state index contributed by atoms with van der Waals surface area (Å²) in [6, 6.07) is 2.10. The van der Waals surface area contributed by atoms with Gasteiger partial charge in [0.2, 0.25) is 12.3 Å². The van der Waals surface area contributed by atoms with Gasteiger partial charge < -0.3 is 9.64 Å². The molecule has 0 bridgehead atoms. The highest BCUT2D eigenvalue weighted by Crippen LogP contribution is 2.32. The second-order valence-electron chi connectivity index (χ2n) is 4.08. The fraction of sp³-hybridized carbons (Fsp3) is 0.500. The van der Waals surface area contributed by atoms with Crippen LogP contribution in [-0.4, -0.2) is 29.9 Å². The summed E-state index contributed by atoms with van der Waals surface area (Å²) >= 11 is 0. The van der Waals surface area contributed by atoms with E-state index in [0.29, 0.717) is 5.88 Å². The summed E-state index contributed by atoms with van der Waals surface area (Å²) in [5, 5.41) is 0. The summed E-state index contributed by atoms with van der Waals surface area (Å²) in [5.41, 5.74) is 2.26. The molecular formula is C12H16N2O2. The van der Waals surface area contributed by atoms with Crippen molar-refractivity contribution < 1.29 is 9.53 Å². The molecule has 2 rings (SSSR count). The average molecular weight is 220 g/mol. The monoisotopic (exact) mass is 220 g/mol. The molecule has 1 atom stereocenters. The zero-order valence-electron chi connectivity index (χ0n) is 9.64. The zero-order valence-corrected chi connectivity index (χ0v) is 9.64. The first kappa shape index (κ1) is 10.9. The number of amides is 1. The molecule has 2 heterocycles. The quantitative estimate of drug-likeness (QED) is 0.728. The van der Waals surface area contributed by atoms with Crippen LogP contribution in [0.4, 0.5) is 0 Å². The van der Waals surface area contributed by atoms with Crippen molar-refractivity contribution in [2.24, 2.45) is 0 Å². The maximum absolute atomic E-state index is 10.9. The molecule has 0 aromatic carbocycles. The van der Waals surface area contributed by atoms with Crippen LogP contribution in [0.3, 0.4) is 0 Å². The molecule has 1 amide bonds. The number of ether oxygens (including phenoxy) is 1. The lowest BCUT2D eigenvalue weighted by Gasteiger charge is -2.21. The lowest BCUT2D eigenvalue weighted by molar-refractivity contribution is -0.118. The number of hydrogen-bond donors (Lipinski definition) is 0. The molecule has 16 heavy (non-hydrogen) atoms. The fourth-order valence-electron chi connectivity index (χ4n) is 2.25. The standard InChI is InChI=1S/C12H16N2O2/c1-9-6-12(16-2)13-7-10(9)11-4-3-5-14(11)8-15/h6-8,11H,3-5H2,1-2H3. The van der Waals surface area contributed by atoms with E-state index in [0.717, 1.165) is 36.9 Å². The minimum Gasteiger partial charge on any atom is -0.481 e. The smallest absolute Gasteiger partial charge is 0.213 e. The first-order valence-electron chi connectivity index (χ1n) is 5.48. The van der Waals surface area contributed by atoms with E-state index in [4.69, 9.17) is 4.74 Å². The highest BCUT2D eigenvalue weighted by molar-refractivity contribution is 5.50. The van der Waals surface area contributed by atoms with Crippen LogP contribution in [0.1, 0.15) is 30.0 Å². The van der Waals surface area contributed by atoms with E-state index in [1.165, 1.54) is 0 Å². The van der Waals surface area contributed by atoms with Crippen molar-refractivity contribution in [1.82, 2.24) is 9.88 Å². The van der Waals surface area contributed by atoms with E-state index < -0.39 is 0 Å². The molecular weight excluding hydrogens is 204 g/mol. The number of aromatic nitrogens is 1. The Kier molecular flexibility index (Phi) is 3.08. The second-order valence-corrected chi connectivity index (χ2v) is 4.08. The maximum Gasteiger partial charge on any atom is 0.213 e. The van der Waals surface area contributed by atoms with Gasteiger partial charge >= 0.3 is 0 Å². The molecule has 0 radical (unpaired) electrons. The van der Waals surface area contributed by atoms with Crippen LogP contribution < -0.4 is 4.74 Å². The third kappa shape index (κ3) is 1.87. The van der Waals surface area contributed by atoms with Crippen molar-refractivity contribution in [2.45, 2.75) is 25.8 Å². The van der Waals surface area contributed by atoms with Crippen molar-refractivity contribution >= 4 is 6.41 Å². The number of nitrogens with zero attached hydrogens (tertiary/aromatic N) is 2. The Morgan fingerprint density at radius 1 is 1.62 bits per heavy atom. The van der Waals surface area contributed by atoms with Crippen LogP contribution in [-0.2, 0) is 4.79 Å². The Morgan fingerprint density at radius 2 is 2.44 bits per heavy atom. The van der Waals surface area contributed by atoms with Crippen molar-refractivity contribution in [3.05, 3.63) is 23.4 Å². The molecule has 1 aromatic heterocycles. The summed E-state index contributed by atoms with van der Waals surface area (Å²) < 4.78 is 5.07. The Morgan fingerprint density at radius 3 is 3.06 bits per heavy atom. The number of carbonyl (C=O) groups is 1. The number of carbonyl (C=O) groups excluding carboxylic acids is 1. The van der Waals surface area contributed by atoms with Crippen LogP contribution in [0.15, 0.2) is 12.3 Å². The van der Waals surface area contributed by atoms with Crippen LogP contribution in [0.25, 0.3) is 0 Å². The highest BCUT2D eigenvalue weighted by atomic mass is 16.5. The topological polar surface area (TPSA) is 42.4 Å². The van der Waals surface area contributed by atoms with E-state index in [-0.39, 0.29) is 6.04 Å². The van der Waals surface area contributed by atoms with Gasteiger partial charge in [-0.05, 0) is 30.9 Å². The molecule has 1 aromatic rings. The number of methoxy groups -OCH3 is 1. The Bertz CT molecular complexity index is 393. The van der Waals surface area contributed by atoms with Gasteiger partial charge in [0.15, 0.2) is 0 Å². The van der Waals surface area contributed by atoms with Gasteiger partial charge in [-0.25, -0.2) is 4.98 Å². The van der Waals surface area contributed by atoms with Crippen molar-refractivity contribution in [3.63, 3.8) is 0 Å². The molecule has 1 aliphatic heterocycles. The van der Waals surface area contributed by atoms with Gasteiger partial charge in [-0.3, -0.25) is 4.79 Å². The first-order chi connectivity index (χ1) is 7.76. The van der Waals surface area contributed by atoms with E-state index in [1.54, 1.807) is 7.11 Å². The van der Waals surface area contributed by atoms with E-state index in [2.05, 4.69) is 4.98 Å². The molecule has 0 aliphatic carbocycles. The van der Waals surface area contributed by atoms with Crippen LogP contribution in [0.5, 0.6) is 5.88 Å². The third-order valence-electron chi connectivity index (χ3n) is 3.12. The summed E-state index contributed by atoms with van der Waals surface area (Å²) in [5.74, 6) is 0.622. The van der Waals surface area contributed by atoms with Gasteiger partial charge in [-0.1, -0.05) is 0 Å². The molecule has 1 unspecified atom stereocenters.